The smallest absolute Gasteiger partial charge is 0.308 e. The van der Waals surface area contributed by atoms with Crippen LogP contribution in [0.4, 0.5) is 0 Å². The van der Waals surface area contributed by atoms with Crippen molar-refractivity contribution in [2.75, 3.05) is 0 Å². The second-order valence-electron chi connectivity index (χ2n) is 6.59. The summed E-state index contributed by atoms with van der Waals surface area (Å²) in [6.07, 6.45) is 0.297. The monoisotopic (exact) mass is 358 g/mol. The zero-order valence-electron chi connectivity index (χ0n) is 15.5. The third kappa shape index (κ3) is 4.70. The molecular formula is C24H22O3. The Bertz CT molecular complexity index is 930. The van der Waals surface area contributed by atoms with Gasteiger partial charge in [-0.1, -0.05) is 78.4 Å². The molecule has 0 fully saturated rings. The van der Waals surface area contributed by atoms with E-state index in [1.54, 1.807) is 6.07 Å². The molecule has 27 heavy (non-hydrogen) atoms. The second-order valence-corrected chi connectivity index (χ2v) is 6.59. The van der Waals surface area contributed by atoms with Gasteiger partial charge >= 0.3 is 5.97 Å². The van der Waals surface area contributed by atoms with Crippen molar-refractivity contribution >= 4 is 11.8 Å². The van der Waals surface area contributed by atoms with Gasteiger partial charge in [0, 0.05) is 30.4 Å². The van der Waals surface area contributed by atoms with Crippen LogP contribution in [0.2, 0.25) is 0 Å². The minimum absolute atomic E-state index is 0.0553. The molecule has 0 radical (unpaired) electrons. The molecule has 0 N–H and O–H groups in total. The summed E-state index contributed by atoms with van der Waals surface area (Å²) in [5, 5.41) is 0. The van der Waals surface area contributed by atoms with Crippen LogP contribution in [0, 0.1) is 6.92 Å². The van der Waals surface area contributed by atoms with Crippen molar-refractivity contribution in [1.29, 1.82) is 0 Å². The number of esters is 1. The Morgan fingerprint density at radius 2 is 1.52 bits per heavy atom. The molecule has 0 aromatic heterocycles. The Balaban J connectivity index is 2.05. The first kappa shape index (κ1) is 18.6. The molecule has 0 aliphatic heterocycles. The molecule has 0 saturated carbocycles. The van der Waals surface area contributed by atoms with Crippen molar-refractivity contribution in [3.05, 3.63) is 101 Å². The average Bonchev–Trinajstić information content (AvgIpc) is 2.68. The first-order valence-corrected chi connectivity index (χ1v) is 8.97. The normalized spacial score (nSPS) is 11.6. The molecule has 1 unspecified atom stereocenters. The minimum atomic E-state index is -0.374. The van der Waals surface area contributed by atoms with E-state index in [2.05, 4.69) is 0 Å². The molecule has 0 aliphatic carbocycles. The van der Waals surface area contributed by atoms with Crippen molar-refractivity contribution in [1.82, 2.24) is 0 Å². The van der Waals surface area contributed by atoms with E-state index in [4.69, 9.17) is 4.74 Å². The lowest BCUT2D eigenvalue weighted by molar-refractivity contribution is -0.131. The summed E-state index contributed by atoms with van der Waals surface area (Å²) < 4.78 is 5.44. The van der Waals surface area contributed by atoms with Crippen molar-refractivity contribution < 1.29 is 14.3 Å². The van der Waals surface area contributed by atoms with E-state index in [0.29, 0.717) is 17.7 Å². The number of aryl methyl sites for hydroxylation is 1. The molecule has 3 aromatic carbocycles. The molecule has 0 bridgehead atoms. The van der Waals surface area contributed by atoms with Crippen LogP contribution < -0.4 is 4.74 Å². The van der Waals surface area contributed by atoms with E-state index in [-0.39, 0.29) is 17.7 Å². The number of rotatable bonds is 6. The maximum Gasteiger partial charge on any atom is 0.308 e. The van der Waals surface area contributed by atoms with Crippen LogP contribution in [0.3, 0.4) is 0 Å². The van der Waals surface area contributed by atoms with Gasteiger partial charge in [-0.15, -0.1) is 0 Å². The van der Waals surface area contributed by atoms with E-state index in [1.807, 2.05) is 79.7 Å². The van der Waals surface area contributed by atoms with Gasteiger partial charge in [0.2, 0.25) is 0 Å². The van der Waals surface area contributed by atoms with Gasteiger partial charge in [-0.3, -0.25) is 9.59 Å². The highest BCUT2D eigenvalue weighted by molar-refractivity contribution is 5.96. The van der Waals surface area contributed by atoms with Crippen molar-refractivity contribution in [3.8, 4) is 5.75 Å². The highest BCUT2D eigenvalue weighted by Crippen LogP contribution is 2.36. The largest absolute Gasteiger partial charge is 0.426 e. The van der Waals surface area contributed by atoms with Crippen LogP contribution in [0.25, 0.3) is 0 Å². The van der Waals surface area contributed by atoms with Crippen LogP contribution >= 0.6 is 0 Å². The quantitative estimate of drug-likeness (QED) is 0.340. The Kier molecular flexibility index (Phi) is 5.82. The fraction of sp³-hybridized carbons (Fsp3) is 0.167. The van der Waals surface area contributed by atoms with Crippen molar-refractivity contribution in [2.24, 2.45) is 0 Å². The van der Waals surface area contributed by atoms with Crippen LogP contribution in [0.5, 0.6) is 5.75 Å². The van der Waals surface area contributed by atoms with Crippen molar-refractivity contribution in [3.63, 3.8) is 0 Å². The lowest BCUT2D eigenvalue weighted by atomic mass is 9.84. The average molecular weight is 358 g/mol. The summed E-state index contributed by atoms with van der Waals surface area (Å²) in [6.45, 7) is 3.37. The van der Waals surface area contributed by atoms with E-state index in [1.165, 1.54) is 6.92 Å². The van der Waals surface area contributed by atoms with Gasteiger partial charge in [0.1, 0.15) is 5.75 Å². The fourth-order valence-corrected chi connectivity index (χ4v) is 3.21. The van der Waals surface area contributed by atoms with Crippen LogP contribution in [0.1, 0.15) is 46.3 Å². The standard InChI is InChI=1S/C24H22O3/c1-17-13-14-24(27-18(2)25)22(15-17)21(19-9-5-3-6-10-19)16-23(26)20-11-7-4-8-12-20/h3-15,21H,16H2,1-2H3. The van der Waals surface area contributed by atoms with E-state index >= 15 is 0 Å². The van der Waals surface area contributed by atoms with Gasteiger partial charge in [-0.2, -0.15) is 0 Å². The maximum absolute atomic E-state index is 12.9. The van der Waals surface area contributed by atoms with Gasteiger partial charge in [0.15, 0.2) is 5.78 Å². The Hall–Kier alpha value is -3.20. The number of hydrogen-bond acceptors (Lipinski definition) is 3. The van der Waals surface area contributed by atoms with Gasteiger partial charge in [-0.05, 0) is 18.6 Å². The summed E-state index contributed by atoms with van der Waals surface area (Å²) in [5.74, 6) is -0.0167. The fourth-order valence-electron chi connectivity index (χ4n) is 3.21. The molecule has 3 rings (SSSR count). The third-order valence-electron chi connectivity index (χ3n) is 4.48. The zero-order valence-corrected chi connectivity index (χ0v) is 15.5. The number of benzene rings is 3. The molecule has 3 heteroatoms. The molecule has 0 heterocycles. The first-order chi connectivity index (χ1) is 13.0. The summed E-state index contributed by atoms with van der Waals surface area (Å²) in [7, 11) is 0. The van der Waals surface area contributed by atoms with Crippen molar-refractivity contribution in [2.45, 2.75) is 26.2 Å². The molecule has 136 valence electrons. The van der Waals surface area contributed by atoms with Crippen LogP contribution in [-0.4, -0.2) is 11.8 Å². The Labute approximate surface area is 159 Å². The molecule has 1 atom stereocenters. The predicted octanol–water partition coefficient (Wildman–Crippen LogP) is 5.33. The molecule has 0 aliphatic rings. The SMILES string of the molecule is CC(=O)Oc1ccc(C)cc1C(CC(=O)c1ccccc1)c1ccccc1. The first-order valence-electron chi connectivity index (χ1n) is 8.97. The lowest BCUT2D eigenvalue weighted by Crippen LogP contribution is -2.12. The molecule has 3 nitrogen and oxygen atoms in total. The number of Topliss-reactive ketones (excluding diaryl/α,β-unsaturated/α-hetero) is 1. The number of hydrogen-bond donors (Lipinski definition) is 0. The molecule has 3 aromatic rings. The summed E-state index contributed by atoms with van der Waals surface area (Å²) >= 11 is 0. The number of ether oxygens (including phenoxy) is 1. The molecule has 0 saturated heterocycles. The molecule has 0 spiro atoms. The number of carbonyl (C=O) groups excluding carboxylic acids is 2. The summed E-state index contributed by atoms with van der Waals surface area (Å²) in [4.78, 5) is 24.5. The zero-order chi connectivity index (χ0) is 19.2. The van der Waals surface area contributed by atoms with Crippen LogP contribution in [-0.2, 0) is 4.79 Å². The minimum Gasteiger partial charge on any atom is -0.426 e. The lowest BCUT2D eigenvalue weighted by Gasteiger charge is -2.21. The van der Waals surface area contributed by atoms with Gasteiger partial charge in [0.25, 0.3) is 0 Å². The van der Waals surface area contributed by atoms with E-state index in [9.17, 15) is 9.59 Å². The summed E-state index contributed by atoms with van der Waals surface area (Å²) in [5.41, 5.74) is 3.59. The topological polar surface area (TPSA) is 43.4 Å². The van der Waals surface area contributed by atoms with E-state index < -0.39 is 0 Å². The predicted molar refractivity (Wildman–Crippen MR) is 106 cm³/mol. The highest BCUT2D eigenvalue weighted by atomic mass is 16.5. The highest BCUT2D eigenvalue weighted by Gasteiger charge is 2.23. The molecular weight excluding hydrogens is 336 g/mol. The van der Waals surface area contributed by atoms with E-state index in [0.717, 1.165) is 16.7 Å². The van der Waals surface area contributed by atoms with Gasteiger partial charge < -0.3 is 4.74 Å². The third-order valence-corrected chi connectivity index (χ3v) is 4.48. The van der Waals surface area contributed by atoms with Crippen LogP contribution in [0.15, 0.2) is 78.9 Å². The van der Waals surface area contributed by atoms with Gasteiger partial charge in [-0.25, -0.2) is 0 Å². The number of carbonyl (C=O) groups is 2. The van der Waals surface area contributed by atoms with Gasteiger partial charge in [0.05, 0.1) is 0 Å². The Morgan fingerprint density at radius 1 is 0.889 bits per heavy atom. The molecule has 0 amide bonds. The second kappa shape index (κ2) is 8.45. The maximum atomic E-state index is 12.9. The summed E-state index contributed by atoms with van der Waals surface area (Å²) in [6, 6.07) is 24.8. The Morgan fingerprint density at radius 3 is 2.15 bits per heavy atom. The number of ketones is 1.